The van der Waals surface area contributed by atoms with Gasteiger partial charge in [0, 0.05) is 20.1 Å². The molecule has 2 N–H and O–H groups in total. The van der Waals surface area contributed by atoms with Gasteiger partial charge in [0.05, 0.1) is 13.7 Å². The van der Waals surface area contributed by atoms with Crippen molar-refractivity contribution in [1.29, 1.82) is 0 Å². The van der Waals surface area contributed by atoms with Crippen LogP contribution in [0.1, 0.15) is 6.42 Å². The van der Waals surface area contributed by atoms with Gasteiger partial charge in [0.25, 0.3) is 0 Å². The maximum absolute atomic E-state index is 9.06. The van der Waals surface area contributed by atoms with Crippen molar-refractivity contribution in [3.05, 3.63) is 18.2 Å². The quantitative estimate of drug-likeness (QED) is 0.510. The van der Waals surface area contributed by atoms with Gasteiger partial charge < -0.3 is 24.3 Å². The van der Waals surface area contributed by atoms with E-state index in [0.717, 1.165) is 6.42 Å². The van der Waals surface area contributed by atoms with E-state index in [2.05, 4.69) is 0 Å². The van der Waals surface area contributed by atoms with E-state index in [0.29, 0.717) is 30.2 Å². The van der Waals surface area contributed by atoms with E-state index < -0.39 is 7.12 Å². The van der Waals surface area contributed by atoms with Gasteiger partial charge >= 0.3 is 7.12 Å². The minimum Gasteiger partial charge on any atom is -0.493 e. The zero-order valence-electron chi connectivity index (χ0n) is 10.0. The molecule has 0 saturated carbocycles. The molecule has 0 spiro atoms. The van der Waals surface area contributed by atoms with Crippen molar-refractivity contribution in [1.82, 2.24) is 0 Å². The number of benzene rings is 1. The van der Waals surface area contributed by atoms with Gasteiger partial charge in [0.1, 0.15) is 0 Å². The van der Waals surface area contributed by atoms with Crippen LogP contribution in [0.3, 0.4) is 0 Å². The highest BCUT2D eigenvalue weighted by atomic mass is 16.5. The zero-order valence-corrected chi connectivity index (χ0v) is 10.0. The van der Waals surface area contributed by atoms with Gasteiger partial charge in [-0.25, -0.2) is 0 Å². The van der Waals surface area contributed by atoms with Crippen LogP contribution >= 0.6 is 0 Å². The van der Waals surface area contributed by atoms with Gasteiger partial charge in [0.15, 0.2) is 11.5 Å². The summed E-state index contributed by atoms with van der Waals surface area (Å²) in [5.41, 5.74) is 0.368. The van der Waals surface area contributed by atoms with Crippen molar-refractivity contribution < 1.29 is 24.3 Å². The lowest BCUT2D eigenvalue weighted by Gasteiger charge is -2.12. The molecule has 1 aromatic rings. The monoisotopic (exact) mass is 240 g/mol. The summed E-state index contributed by atoms with van der Waals surface area (Å²) in [4.78, 5) is 0. The summed E-state index contributed by atoms with van der Waals surface area (Å²) in [6.45, 7) is 1.10. The number of rotatable bonds is 7. The van der Waals surface area contributed by atoms with Gasteiger partial charge in [-0.1, -0.05) is 6.07 Å². The van der Waals surface area contributed by atoms with Crippen LogP contribution in [0.25, 0.3) is 0 Å². The molecule has 0 bridgehead atoms. The standard InChI is InChI=1S/C11H17BO5/c1-15-6-3-7-17-11-8-9(12(13)14)4-5-10(11)16-2/h4-5,8,13-14H,3,6-7H2,1-2H3. The molecule has 0 aromatic heterocycles. The predicted octanol–water partition coefficient (Wildman–Crippen LogP) is -0.210. The summed E-state index contributed by atoms with van der Waals surface area (Å²) >= 11 is 0. The molecular weight excluding hydrogens is 223 g/mol. The van der Waals surface area contributed by atoms with Gasteiger partial charge in [-0.15, -0.1) is 0 Å². The van der Waals surface area contributed by atoms with Crippen molar-refractivity contribution in [3.63, 3.8) is 0 Å². The zero-order chi connectivity index (χ0) is 12.7. The maximum Gasteiger partial charge on any atom is 0.488 e. The Morgan fingerprint density at radius 2 is 1.88 bits per heavy atom. The summed E-state index contributed by atoms with van der Waals surface area (Å²) in [6.07, 6.45) is 0.756. The van der Waals surface area contributed by atoms with Gasteiger partial charge in [-0.3, -0.25) is 0 Å². The van der Waals surface area contributed by atoms with Crippen molar-refractivity contribution in [2.75, 3.05) is 27.4 Å². The van der Waals surface area contributed by atoms with Crippen molar-refractivity contribution in [3.8, 4) is 11.5 Å². The van der Waals surface area contributed by atoms with E-state index in [-0.39, 0.29) is 0 Å². The second kappa shape index (κ2) is 7.16. The Balaban J connectivity index is 2.69. The Hall–Kier alpha value is -1.24. The molecule has 0 radical (unpaired) electrons. The summed E-state index contributed by atoms with van der Waals surface area (Å²) in [5, 5.41) is 18.1. The Morgan fingerprint density at radius 3 is 2.47 bits per heavy atom. The van der Waals surface area contributed by atoms with Crippen LogP contribution < -0.4 is 14.9 Å². The molecule has 1 aromatic carbocycles. The van der Waals surface area contributed by atoms with Crippen LogP contribution in [0, 0.1) is 0 Å². The second-order valence-corrected chi connectivity index (χ2v) is 3.48. The lowest BCUT2D eigenvalue weighted by molar-refractivity contribution is 0.170. The molecule has 0 fully saturated rings. The molecule has 0 saturated heterocycles. The van der Waals surface area contributed by atoms with Crippen LogP contribution in [0.5, 0.6) is 11.5 Å². The highest BCUT2D eigenvalue weighted by molar-refractivity contribution is 6.58. The molecule has 0 atom stereocenters. The average molecular weight is 240 g/mol. The average Bonchev–Trinajstić information content (AvgIpc) is 2.34. The fourth-order valence-corrected chi connectivity index (χ4v) is 1.35. The number of ether oxygens (including phenoxy) is 3. The minimum absolute atomic E-state index is 0.368. The summed E-state index contributed by atoms with van der Waals surface area (Å²) in [5.74, 6) is 1.06. The van der Waals surface area contributed by atoms with Crippen LogP contribution in [-0.4, -0.2) is 44.6 Å². The number of methoxy groups -OCH3 is 2. The van der Waals surface area contributed by atoms with Gasteiger partial charge in [-0.2, -0.15) is 0 Å². The molecule has 0 aliphatic carbocycles. The maximum atomic E-state index is 9.06. The Labute approximate surface area is 101 Å². The first-order chi connectivity index (χ1) is 8.19. The molecule has 5 nitrogen and oxygen atoms in total. The number of hydrogen-bond donors (Lipinski definition) is 2. The van der Waals surface area contributed by atoms with E-state index in [1.807, 2.05) is 0 Å². The Bertz CT molecular complexity index is 343. The van der Waals surface area contributed by atoms with Crippen LogP contribution in [0.15, 0.2) is 18.2 Å². The lowest BCUT2D eigenvalue weighted by atomic mass is 9.80. The van der Waals surface area contributed by atoms with Crippen molar-refractivity contribution in [2.24, 2.45) is 0 Å². The van der Waals surface area contributed by atoms with Crippen LogP contribution in [0.2, 0.25) is 0 Å². The summed E-state index contributed by atoms with van der Waals surface area (Å²) < 4.78 is 15.5. The fraction of sp³-hybridized carbons (Fsp3) is 0.455. The third kappa shape index (κ3) is 4.26. The highest BCUT2D eigenvalue weighted by Crippen LogP contribution is 2.25. The number of hydrogen-bond acceptors (Lipinski definition) is 5. The van der Waals surface area contributed by atoms with Crippen molar-refractivity contribution >= 4 is 12.6 Å². The first kappa shape index (κ1) is 13.8. The SMILES string of the molecule is COCCCOc1cc(B(O)O)ccc1OC. The summed E-state index contributed by atoms with van der Waals surface area (Å²) in [7, 11) is 1.65. The van der Waals surface area contributed by atoms with E-state index in [9.17, 15) is 0 Å². The topological polar surface area (TPSA) is 68.2 Å². The molecule has 0 unspecified atom stereocenters. The minimum atomic E-state index is -1.51. The van der Waals surface area contributed by atoms with Crippen LogP contribution in [0.4, 0.5) is 0 Å². The third-order valence-electron chi connectivity index (χ3n) is 2.24. The third-order valence-corrected chi connectivity index (χ3v) is 2.24. The molecule has 94 valence electrons. The van der Waals surface area contributed by atoms with Crippen LogP contribution in [-0.2, 0) is 4.74 Å². The van der Waals surface area contributed by atoms with Gasteiger partial charge in [0.2, 0.25) is 0 Å². The molecule has 0 heterocycles. The molecule has 1 rings (SSSR count). The fourth-order valence-electron chi connectivity index (χ4n) is 1.35. The largest absolute Gasteiger partial charge is 0.493 e. The normalized spacial score (nSPS) is 10.1. The predicted molar refractivity (Wildman–Crippen MR) is 64.8 cm³/mol. The molecule has 17 heavy (non-hydrogen) atoms. The van der Waals surface area contributed by atoms with E-state index >= 15 is 0 Å². The molecule has 0 amide bonds. The second-order valence-electron chi connectivity index (χ2n) is 3.48. The molecule has 0 aliphatic heterocycles. The van der Waals surface area contributed by atoms with E-state index in [1.165, 1.54) is 7.11 Å². The summed E-state index contributed by atoms with van der Waals surface area (Å²) in [6, 6.07) is 4.77. The first-order valence-corrected chi connectivity index (χ1v) is 5.35. The molecular formula is C11H17BO5. The Kier molecular flexibility index (Phi) is 5.83. The molecule has 6 heteroatoms. The lowest BCUT2D eigenvalue weighted by Crippen LogP contribution is -2.29. The molecule has 0 aliphatic rings. The first-order valence-electron chi connectivity index (χ1n) is 5.35. The smallest absolute Gasteiger partial charge is 0.488 e. The Morgan fingerprint density at radius 1 is 1.12 bits per heavy atom. The van der Waals surface area contributed by atoms with E-state index in [4.69, 9.17) is 24.3 Å². The van der Waals surface area contributed by atoms with E-state index in [1.54, 1.807) is 25.3 Å². The van der Waals surface area contributed by atoms with Gasteiger partial charge in [-0.05, 0) is 17.6 Å². The highest BCUT2D eigenvalue weighted by Gasteiger charge is 2.14. The van der Waals surface area contributed by atoms with Crippen molar-refractivity contribution in [2.45, 2.75) is 6.42 Å².